The number of unbranched alkanes of at least 4 members (excludes halogenated alkanes) is 1. The number of ether oxygens (including phenoxy) is 2. The predicted octanol–water partition coefficient (Wildman–Crippen LogP) is 1.32. The minimum atomic E-state index is 0.113. The van der Waals surface area contributed by atoms with Gasteiger partial charge in [-0.2, -0.15) is 0 Å². The van der Waals surface area contributed by atoms with Gasteiger partial charge in [0.15, 0.2) is 0 Å². The van der Waals surface area contributed by atoms with Crippen molar-refractivity contribution in [2.45, 2.75) is 57.6 Å². The number of hydrogen-bond donors (Lipinski definition) is 1. The van der Waals surface area contributed by atoms with Gasteiger partial charge in [0, 0.05) is 39.7 Å². The van der Waals surface area contributed by atoms with Gasteiger partial charge >= 0.3 is 0 Å². The number of amides is 1. The lowest BCUT2D eigenvalue weighted by Crippen LogP contribution is -2.24. The summed E-state index contributed by atoms with van der Waals surface area (Å²) in [6.45, 7) is 3.06. The van der Waals surface area contributed by atoms with Crippen LogP contribution in [0.5, 0.6) is 0 Å². The van der Waals surface area contributed by atoms with E-state index in [1.54, 1.807) is 13.4 Å². The Kier molecular flexibility index (Phi) is 8.03. The summed E-state index contributed by atoms with van der Waals surface area (Å²) in [5.74, 6) is 1.10. The molecule has 0 saturated carbocycles. The smallest absolute Gasteiger partial charge is 0.219 e. The summed E-state index contributed by atoms with van der Waals surface area (Å²) in [6, 6.07) is 0. The molecule has 1 unspecified atom stereocenters. The van der Waals surface area contributed by atoms with Gasteiger partial charge in [-0.25, -0.2) is 0 Å². The van der Waals surface area contributed by atoms with Crippen molar-refractivity contribution in [2.75, 3.05) is 26.9 Å². The van der Waals surface area contributed by atoms with E-state index < -0.39 is 0 Å². The minimum Gasteiger partial charge on any atom is -0.385 e. The Labute approximate surface area is 137 Å². The molecule has 1 fully saturated rings. The van der Waals surface area contributed by atoms with Crippen molar-refractivity contribution in [3.8, 4) is 0 Å². The van der Waals surface area contributed by atoms with E-state index in [-0.39, 0.29) is 5.91 Å². The molecule has 2 heterocycles. The van der Waals surface area contributed by atoms with Crippen LogP contribution in [0.1, 0.15) is 44.3 Å². The van der Waals surface area contributed by atoms with Crippen LogP contribution in [0.2, 0.25) is 0 Å². The molecule has 0 aliphatic carbocycles. The highest BCUT2D eigenvalue weighted by molar-refractivity contribution is 5.75. The number of methoxy groups -OCH3 is 1. The van der Waals surface area contributed by atoms with Crippen molar-refractivity contribution in [3.63, 3.8) is 0 Å². The van der Waals surface area contributed by atoms with E-state index >= 15 is 0 Å². The van der Waals surface area contributed by atoms with Crippen LogP contribution in [0.15, 0.2) is 6.33 Å². The first kappa shape index (κ1) is 17.9. The number of aryl methyl sites for hydroxylation is 1. The average molecular weight is 324 g/mol. The van der Waals surface area contributed by atoms with Crippen LogP contribution in [0.4, 0.5) is 0 Å². The normalized spacial score (nSPS) is 17.5. The third-order valence-electron chi connectivity index (χ3n) is 4.02. The fourth-order valence-corrected chi connectivity index (χ4v) is 2.73. The molecule has 0 bridgehead atoms. The fourth-order valence-electron chi connectivity index (χ4n) is 2.73. The Bertz CT molecular complexity index is 458. The predicted molar refractivity (Wildman–Crippen MR) is 86.1 cm³/mol. The molecule has 1 amide bonds. The lowest BCUT2D eigenvalue weighted by atomic mass is 10.1. The summed E-state index contributed by atoms with van der Waals surface area (Å²) in [4.78, 5) is 11.7. The second-order valence-electron chi connectivity index (χ2n) is 5.94. The van der Waals surface area contributed by atoms with Crippen molar-refractivity contribution in [1.82, 2.24) is 20.1 Å². The molecule has 1 saturated heterocycles. The molecule has 1 aromatic heterocycles. The summed E-state index contributed by atoms with van der Waals surface area (Å²) < 4.78 is 12.7. The molecular formula is C16H28N4O3. The second kappa shape index (κ2) is 10.3. The molecule has 1 aromatic rings. The van der Waals surface area contributed by atoms with Gasteiger partial charge in [0.25, 0.3) is 0 Å². The van der Waals surface area contributed by atoms with Crippen molar-refractivity contribution in [3.05, 3.63) is 12.2 Å². The molecule has 7 nitrogen and oxygen atoms in total. The molecule has 0 spiro atoms. The van der Waals surface area contributed by atoms with E-state index in [2.05, 4.69) is 20.1 Å². The van der Waals surface area contributed by atoms with E-state index in [0.717, 1.165) is 57.5 Å². The molecule has 1 N–H and O–H groups in total. The number of nitrogens with zero attached hydrogens (tertiary/aromatic N) is 3. The first-order valence-corrected chi connectivity index (χ1v) is 8.53. The maximum atomic E-state index is 11.7. The van der Waals surface area contributed by atoms with Crippen molar-refractivity contribution in [2.24, 2.45) is 0 Å². The number of hydrogen-bond acceptors (Lipinski definition) is 5. The first-order chi connectivity index (χ1) is 11.3. The Morgan fingerprint density at radius 2 is 2.39 bits per heavy atom. The monoisotopic (exact) mass is 324 g/mol. The van der Waals surface area contributed by atoms with Crippen molar-refractivity contribution in [1.29, 1.82) is 0 Å². The zero-order valence-corrected chi connectivity index (χ0v) is 14.0. The minimum absolute atomic E-state index is 0.113. The Morgan fingerprint density at radius 1 is 1.48 bits per heavy atom. The van der Waals surface area contributed by atoms with E-state index in [1.807, 2.05) is 0 Å². The van der Waals surface area contributed by atoms with Crippen molar-refractivity contribution >= 4 is 5.91 Å². The van der Waals surface area contributed by atoms with Gasteiger partial charge in [0.05, 0.1) is 12.6 Å². The average Bonchev–Trinajstić information content (AvgIpc) is 3.21. The summed E-state index contributed by atoms with van der Waals surface area (Å²) in [5, 5.41) is 11.1. The van der Waals surface area contributed by atoms with Gasteiger partial charge in [0.1, 0.15) is 12.2 Å². The maximum Gasteiger partial charge on any atom is 0.219 e. The molecule has 1 aliphatic heterocycles. The SMILES string of the molecule is COCCCNC(=O)CCCCc1nncn1CC1CCCO1. The molecule has 7 heteroatoms. The third kappa shape index (κ3) is 6.66. The highest BCUT2D eigenvalue weighted by atomic mass is 16.5. The topological polar surface area (TPSA) is 78.3 Å². The molecule has 130 valence electrons. The molecule has 0 aromatic carbocycles. The lowest BCUT2D eigenvalue weighted by Gasteiger charge is -2.11. The van der Waals surface area contributed by atoms with Crippen LogP contribution in [0, 0.1) is 0 Å². The highest BCUT2D eigenvalue weighted by Crippen LogP contribution is 2.15. The van der Waals surface area contributed by atoms with E-state index in [0.29, 0.717) is 25.7 Å². The largest absolute Gasteiger partial charge is 0.385 e. The number of nitrogens with one attached hydrogen (secondary N) is 1. The summed E-state index contributed by atoms with van der Waals surface area (Å²) in [7, 11) is 1.67. The van der Waals surface area contributed by atoms with Crippen LogP contribution in [-0.2, 0) is 27.2 Å². The van der Waals surface area contributed by atoms with Gasteiger partial charge in [-0.15, -0.1) is 10.2 Å². The van der Waals surface area contributed by atoms with E-state index in [1.165, 1.54) is 0 Å². The number of carbonyl (C=O) groups is 1. The lowest BCUT2D eigenvalue weighted by molar-refractivity contribution is -0.121. The summed E-state index contributed by atoms with van der Waals surface area (Å²) in [6.07, 6.45) is 8.40. The Balaban J connectivity index is 1.59. The molecule has 1 atom stereocenters. The van der Waals surface area contributed by atoms with Gasteiger partial charge in [-0.3, -0.25) is 4.79 Å². The fraction of sp³-hybridized carbons (Fsp3) is 0.812. The van der Waals surface area contributed by atoms with Gasteiger partial charge < -0.3 is 19.4 Å². The quantitative estimate of drug-likeness (QED) is 0.621. The first-order valence-electron chi connectivity index (χ1n) is 8.53. The number of aromatic nitrogens is 3. The zero-order valence-electron chi connectivity index (χ0n) is 14.0. The zero-order chi connectivity index (χ0) is 16.3. The Hall–Kier alpha value is -1.47. The van der Waals surface area contributed by atoms with E-state index in [9.17, 15) is 4.79 Å². The van der Waals surface area contributed by atoms with Crippen LogP contribution >= 0.6 is 0 Å². The molecule has 1 aliphatic rings. The number of rotatable bonds is 11. The van der Waals surface area contributed by atoms with Crippen LogP contribution < -0.4 is 5.32 Å². The Morgan fingerprint density at radius 3 is 3.17 bits per heavy atom. The van der Waals surface area contributed by atoms with Crippen LogP contribution in [-0.4, -0.2) is 53.6 Å². The van der Waals surface area contributed by atoms with Crippen LogP contribution in [0.25, 0.3) is 0 Å². The second-order valence-corrected chi connectivity index (χ2v) is 5.94. The third-order valence-corrected chi connectivity index (χ3v) is 4.02. The standard InChI is InChI=1S/C16H28N4O3/c1-22-10-5-9-17-16(21)8-3-2-7-15-19-18-13-20(15)12-14-6-4-11-23-14/h13-14H,2-12H2,1H3,(H,17,21). The molecule has 23 heavy (non-hydrogen) atoms. The molecule has 0 radical (unpaired) electrons. The highest BCUT2D eigenvalue weighted by Gasteiger charge is 2.17. The van der Waals surface area contributed by atoms with Crippen LogP contribution in [0.3, 0.4) is 0 Å². The molecular weight excluding hydrogens is 296 g/mol. The van der Waals surface area contributed by atoms with Gasteiger partial charge in [0.2, 0.25) is 5.91 Å². The van der Waals surface area contributed by atoms with Gasteiger partial charge in [-0.1, -0.05) is 0 Å². The molecule has 2 rings (SSSR count). The van der Waals surface area contributed by atoms with Gasteiger partial charge in [-0.05, 0) is 32.1 Å². The van der Waals surface area contributed by atoms with E-state index in [4.69, 9.17) is 9.47 Å². The maximum absolute atomic E-state index is 11.7. The van der Waals surface area contributed by atoms with Crippen molar-refractivity contribution < 1.29 is 14.3 Å². The number of carbonyl (C=O) groups excluding carboxylic acids is 1. The summed E-state index contributed by atoms with van der Waals surface area (Å²) in [5.41, 5.74) is 0. The summed E-state index contributed by atoms with van der Waals surface area (Å²) >= 11 is 0.